The summed E-state index contributed by atoms with van der Waals surface area (Å²) >= 11 is 0. The third-order valence-electron chi connectivity index (χ3n) is 2.47. The van der Waals surface area contributed by atoms with Gasteiger partial charge in [-0.1, -0.05) is 42.0 Å². The maximum Gasteiger partial charge on any atom is 0.308 e. The van der Waals surface area contributed by atoms with E-state index in [1.165, 1.54) is 6.92 Å². The summed E-state index contributed by atoms with van der Waals surface area (Å²) < 4.78 is 5.22. The summed E-state index contributed by atoms with van der Waals surface area (Å²) in [4.78, 5) is 11.1. The highest BCUT2D eigenvalue weighted by Gasteiger charge is 2.08. The van der Waals surface area contributed by atoms with Crippen LogP contribution in [0, 0.1) is 6.92 Å². The molecule has 2 aromatic rings. The largest absolute Gasteiger partial charge is 0.426 e. The molecule has 0 radical (unpaired) electrons. The van der Waals surface area contributed by atoms with E-state index in [2.05, 4.69) is 0 Å². The number of carbonyl (C=O) groups is 1. The zero-order valence-corrected chi connectivity index (χ0v) is 9.94. The smallest absolute Gasteiger partial charge is 0.308 e. The number of carbonyl (C=O) groups excluding carboxylic acids is 1. The van der Waals surface area contributed by atoms with Gasteiger partial charge in [0.15, 0.2) is 0 Å². The molecule has 0 unspecified atom stereocenters. The summed E-state index contributed by atoms with van der Waals surface area (Å²) in [5, 5.41) is 0. The van der Waals surface area contributed by atoms with E-state index in [9.17, 15) is 4.79 Å². The van der Waals surface area contributed by atoms with E-state index >= 15 is 0 Å². The molecule has 0 saturated carbocycles. The fraction of sp³-hybridized carbons (Fsp3) is 0.133. The highest BCUT2D eigenvalue weighted by atomic mass is 16.5. The van der Waals surface area contributed by atoms with Crippen LogP contribution in [0.5, 0.6) is 5.75 Å². The van der Waals surface area contributed by atoms with Gasteiger partial charge in [-0.05, 0) is 24.6 Å². The summed E-state index contributed by atoms with van der Waals surface area (Å²) in [7, 11) is 0. The first kappa shape index (κ1) is 11.4. The molecule has 86 valence electrons. The zero-order chi connectivity index (χ0) is 12.3. The van der Waals surface area contributed by atoms with Gasteiger partial charge in [-0.3, -0.25) is 4.79 Å². The molecule has 0 aromatic heterocycles. The SMILES string of the molecule is CC(=O)Oc1ccc(C)cc1-c1ccccc1. The maximum atomic E-state index is 11.1. The minimum absolute atomic E-state index is 0.300. The van der Waals surface area contributed by atoms with Gasteiger partial charge in [0.2, 0.25) is 0 Å². The second-order valence-electron chi connectivity index (χ2n) is 3.96. The van der Waals surface area contributed by atoms with Crippen LogP contribution in [0.4, 0.5) is 0 Å². The minimum Gasteiger partial charge on any atom is -0.426 e. The highest BCUT2D eigenvalue weighted by molar-refractivity contribution is 5.77. The molecule has 0 bridgehead atoms. The lowest BCUT2D eigenvalue weighted by atomic mass is 10.0. The van der Waals surface area contributed by atoms with Crippen LogP contribution in [0.15, 0.2) is 48.5 Å². The molecule has 0 atom stereocenters. The van der Waals surface area contributed by atoms with E-state index in [-0.39, 0.29) is 5.97 Å². The molecule has 0 aliphatic carbocycles. The van der Waals surface area contributed by atoms with Crippen LogP contribution in [0.3, 0.4) is 0 Å². The molecule has 0 saturated heterocycles. The lowest BCUT2D eigenvalue weighted by Crippen LogP contribution is -2.02. The number of ether oxygens (including phenoxy) is 1. The first-order chi connectivity index (χ1) is 8.16. The Morgan fingerprint density at radius 2 is 1.76 bits per heavy atom. The average Bonchev–Trinajstić information content (AvgIpc) is 2.32. The molecule has 0 N–H and O–H groups in total. The zero-order valence-electron chi connectivity index (χ0n) is 9.94. The van der Waals surface area contributed by atoms with Crippen LogP contribution in [0.1, 0.15) is 12.5 Å². The fourth-order valence-corrected chi connectivity index (χ4v) is 1.73. The molecule has 2 nitrogen and oxygen atoms in total. The van der Waals surface area contributed by atoms with Crippen LogP contribution in [-0.4, -0.2) is 5.97 Å². The Labute approximate surface area is 101 Å². The molecule has 0 amide bonds. The molecule has 2 rings (SSSR count). The Morgan fingerprint density at radius 1 is 1.06 bits per heavy atom. The molecular formula is C15H14O2. The van der Waals surface area contributed by atoms with Crippen LogP contribution >= 0.6 is 0 Å². The van der Waals surface area contributed by atoms with Gasteiger partial charge in [0, 0.05) is 12.5 Å². The molecule has 0 fully saturated rings. The van der Waals surface area contributed by atoms with Crippen molar-refractivity contribution in [1.29, 1.82) is 0 Å². The topological polar surface area (TPSA) is 26.3 Å². The molecule has 0 heterocycles. The van der Waals surface area contributed by atoms with Gasteiger partial charge in [0.05, 0.1) is 0 Å². The molecular weight excluding hydrogens is 212 g/mol. The normalized spacial score (nSPS) is 10.0. The summed E-state index contributed by atoms with van der Waals surface area (Å²) in [6, 6.07) is 15.7. The van der Waals surface area contributed by atoms with Crippen molar-refractivity contribution in [1.82, 2.24) is 0 Å². The van der Waals surface area contributed by atoms with Crippen molar-refractivity contribution >= 4 is 5.97 Å². The Balaban J connectivity index is 2.51. The van der Waals surface area contributed by atoms with Crippen molar-refractivity contribution in [2.75, 3.05) is 0 Å². The van der Waals surface area contributed by atoms with Gasteiger partial charge >= 0.3 is 5.97 Å². The van der Waals surface area contributed by atoms with Gasteiger partial charge in [-0.2, -0.15) is 0 Å². The number of hydrogen-bond acceptors (Lipinski definition) is 2. The van der Waals surface area contributed by atoms with Gasteiger partial charge in [0.1, 0.15) is 5.75 Å². The van der Waals surface area contributed by atoms with Crippen molar-refractivity contribution in [3.8, 4) is 16.9 Å². The third-order valence-corrected chi connectivity index (χ3v) is 2.47. The van der Waals surface area contributed by atoms with Crippen LogP contribution in [-0.2, 0) is 4.79 Å². The van der Waals surface area contributed by atoms with Crippen LogP contribution in [0.25, 0.3) is 11.1 Å². The standard InChI is InChI=1S/C15H14O2/c1-11-8-9-15(17-12(2)16)14(10-11)13-6-4-3-5-7-13/h3-10H,1-2H3. The van der Waals surface area contributed by atoms with Gasteiger partial charge in [-0.25, -0.2) is 0 Å². The fourth-order valence-electron chi connectivity index (χ4n) is 1.73. The molecule has 2 heteroatoms. The Morgan fingerprint density at radius 3 is 2.41 bits per heavy atom. The van der Waals surface area contributed by atoms with Crippen molar-refractivity contribution in [3.05, 3.63) is 54.1 Å². The summed E-state index contributed by atoms with van der Waals surface area (Å²) in [5.41, 5.74) is 3.13. The molecule has 0 spiro atoms. The van der Waals surface area contributed by atoms with Crippen LogP contribution < -0.4 is 4.74 Å². The Bertz CT molecular complexity index is 530. The van der Waals surface area contributed by atoms with Crippen molar-refractivity contribution < 1.29 is 9.53 Å². The molecule has 2 aromatic carbocycles. The van der Waals surface area contributed by atoms with Crippen LogP contribution in [0.2, 0.25) is 0 Å². The molecule has 0 aliphatic heterocycles. The van der Waals surface area contributed by atoms with Gasteiger partial charge < -0.3 is 4.74 Å². The van der Waals surface area contributed by atoms with Gasteiger partial charge in [-0.15, -0.1) is 0 Å². The summed E-state index contributed by atoms with van der Waals surface area (Å²) in [6.07, 6.45) is 0. The predicted octanol–water partition coefficient (Wildman–Crippen LogP) is 3.59. The van der Waals surface area contributed by atoms with Crippen molar-refractivity contribution in [3.63, 3.8) is 0 Å². The van der Waals surface area contributed by atoms with E-state index in [1.54, 1.807) is 0 Å². The number of hydrogen-bond donors (Lipinski definition) is 0. The van der Waals surface area contributed by atoms with E-state index < -0.39 is 0 Å². The maximum absolute atomic E-state index is 11.1. The summed E-state index contributed by atoms with van der Waals surface area (Å²) in [6.45, 7) is 3.43. The van der Waals surface area contributed by atoms with E-state index in [1.807, 2.05) is 55.5 Å². The quantitative estimate of drug-likeness (QED) is 0.578. The first-order valence-electron chi connectivity index (χ1n) is 5.51. The number of rotatable bonds is 2. The molecule has 17 heavy (non-hydrogen) atoms. The van der Waals surface area contributed by atoms with E-state index in [0.717, 1.165) is 16.7 Å². The van der Waals surface area contributed by atoms with E-state index in [0.29, 0.717) is 5.75 Å². The third kappa shape index (κ3) is 2.72. The summed E-state index contributed by atoms with van der Waals surface area (Å²) in [5.74, 6) is 0.306. The lowest BCUT2D eigenvalue weighted by Gasteiger charge is -2.10. The minimum atomic E-state index is -0.300. The highest BCUT2D eigenvalue weighted by Crippen LogP contribution is 2.30. The second kappa shape index (κ2) is 4.83. The van der Waals surface area contributed by atoms with Gasteiger partial charge in [0.25, 0.3) is 0 Å². The van der Waals surface area contributed by atoms with Crippen molar-refractivity contribution in [2.45, 2.75) is 13.8 Å². The number of esters is 1. The monoisotopic (exact) mass is 226 g/mol. The van der Waals surface area contributed by atoms with E-state index in [4.69, 9.17) is 4.74 Å². The second-order valence-corrected chi connectivity index (χ2v) is 3.96. The lowest BCUT2D eigenvalue weighted by molar-refractivity contribution is -0.131. The molecule has 0 aliphatic rings. The average molecular weight is 226 g/mol. The Kier molecular flexibility index (Phi) is 3.24. The number of benzene rings is 2. The number of aryl methyl sites for hydroxylation is 1. The van der Waals surface area contributed by atoms with Crippen molar-refractivity contribution in [2.24, 2.45) is 0 Å². The first-order valence-corrected chi connectivity index (χ1v) is 5.51. The Hall–Kier alpha value is -2.09. The predicted molar refractivity (Wildman–Crippen MR) is 67.9 cm³/mol.